The smallest absolute Gasteiger partial charge is 0.282 e. The lowest BCUT2D eigenvalue weighted by atomic mass is 10.3. The first kappa shape index (κ1) is 8.04. The van der Waals surface area contributed by atoms with Crippen LogP contribution in [0.3, 0.4) is 0 Å². The lowest BCUT2D eigenvalue weighted by Crippen LogP contribution is -2.20. The molecule has 0 fully saturated rings. The molecule has 0 aliphatic rings. The molecule has 0 saturated heterocycles. The maximum absolute atomic E-state index is 11.1. The number of aryl methyl sites for hydroxylation is 2. The predicted octanol–water partition coefficient (Wildman–Crippen LogP) is 0.0713. The van der Waals surface area contributed by atoms with E-state index in [1.165, 1.54) is 4.68 Å². The van der Waals surface area contributed by atoms with Crippen molar-refractivity contribution in [3.05, 3.63) is 16.3 Å². The standard InChI is InChI=1S/C7H13N3O/c1-4-5-6-8-10(3)7(11)9(6)2/h4-5H2,1-3H3. The first-order chi connectivity index (χ1) is 5.16. The minimum Gasteiger partial charge on any atom is -0.282 e. The molecule has 0 amide bonds. The van der Waals surface area contributed by atoms with E-state index in [0.717, 1.165) is 18.7 Å². The van der Waals surface area contributed by atoms with Crippen LogP contribution in [0.1, 0.15) is 19.2 Å². The van der Waals surface area contributed by atoms with E-state index in [-0.39, 0.29) is 5.69 Å². The number of nitrogens with zero attached hydrogens (tertiary/aromatic N) is 3. The molecule has 1 heterocycles. The van der Waals surface area contributed by atoms with Gasteiger partial charge in [-0.25, -0.2) is 9.48 Å². The second kappa shape index (κ2) is 2.90. The van der Waals surface area contributed by atoms with Gasteiger partial charge < -0.3 is 0 Å². The van der Waals surface area contributed by atoms with Crippen LogP contribution in [-0.2, 0) is 20.5 Å². The summed E-state index contributed by atoms with van der Waals surface area (Å²) in [6.45, 7) is 2.07. The quantitative estimate of drug-likeness (QED) is 0.606. The van der Waals surface area contributed by atoms with Gasteiger partial charge >= 0.3 is 5.69 Å². The summed E-state index contributed by atoms with van der Waals surface area (Å²) < 4.78 is 2.95. The van der Waals surface area contributed by atoms with Crippen molar-refractivity contribution in [3.8, 4) is 0 Å². The Morgan fingerprint density at radius 1 is 1.45 bits per heavy atom. The Balaban J connectivity index is 3.08. The first-order valence-electron chi connectivity index (χ1n) is 3.75. The van der Waals surface area contributed by atoms with Gasteiger partial charge in [0, 0.05) is 20.5 Å². The van der Waals surface area contributed by atoms with Gasteiger partial charge in [0.15, 0.2) is 0 Å². The highest BCUT2D eigenvalue weighted by Gasteiger charge is 2.04. The predicted molar refractivity (Wildman–Crippen MR) is 42.4 cm³/mol. The minimum atomic E-state index is -0.0477. The van der Waals surface area contributed by atoms with Crippen molar-refractivity contribution in [3.63, 3.8) is 0 Å². The zero-order valence-corrected chi connectivity index (χ0v) is 7.16. The summed E-state index contributed by atoms with van der Waals surface area (Å²) in [7, 11) is 3.42. The Labute approximate surface area is 65.5 Å². The zero-order valence-electron chi connectivity index (χ0n) is 7.16. The van der Waals surface area contributed by atoms with Gasteiger partial charge in [-0.05, 0) is 6.42 Å². The van der Waals surface area contributed by atoms with E-state index in [0.29, 0.717) is 0 Å². The molecular formula is C7H13N3O. The van der Waals surface area contributed by atoms with E-state index in [9.17, 15) is 4.79 Å². The molecule has 0 spiro atoms. The molecule has 0 unspecified atom stereocenters. The highest BCUT2D eigenvalue weighted by atomic mass is 16.2. The molecule has 0 radical (unpaired) electrons. The summed E-state index contributed by atoms with van der Waals surface area (Å²) >= 11 is 0. The van der Waals surface area contributed by atoms with Crippen LogP contribution in [-0.4, -0.2) is 14.3 Å². The average Bonchev–Trinajstić information content (AvgIpc) is 2.19. The Morgan fingerprint density at radius 2 is 2.09 bits per heavy atom. The van der Waals surface area contributed by atoms with E-state index in [1.54, 1.807) is 18.7 Å². The van der Waals surface area contributed by atoms with Gasteiger partial charge in [-0.3, -0.25) is 4.57 Å². The van der Waals surface area contributed by atoms with Crippen molar-refractivity contribution >= 4 is 0 Å². The first-order valence-corrected chi connectivity index (χ1v) is 3.75. The lowest BCUT2D eigenvalue weighted by molar-refractivity contribution is 0.711. The fourth-order valence-electron chi connectivity index (χ4n) is 1.05. The minimum absolute atomic E-state index is 0.0477. The fraction of sp³-hybridized carbons (Fsp3) is 0.714. The number of rotatable bonds is 2. The molecule has 4 nitrogen and oxygen atoms in total. The molecule has 62 valence electrons. The van der Waals surface area contributed by atoms with Crippen molar-refractivity contribution in [2.24, 2.45) is 14.1 Å². The van der Waals surface area contributed by atoms with E-state index >= 15 is 0 Å². The van der Waals surface area contributed by atoms with Crippen molar-refractivity contribution in [2.75, 3.05) is 0 Å². The summed E-state index contributed by atoms with van der Waals surface area (Å²) in [4.78, 5) is 11.1. The SMILES string of the molecule is CCCc1nn(C)c(=O)n1C. The third-order valence-corrected chi connectivity index (χ3v) is 1.69. The molecule has 0 N–H and O–H groups in total. The van der Waals surface area contributed by atoms with Gasteiger partial charge in [0.05, 0.1) is 0 Å². The van der Waals surface area contributed by atoms with E-state index < -0.39 is 0 Å². The molecule has 0 atom stereocenters. The fourth-order valence-corrected chi connectivity index (χ4v) is 1.05. The summed E-state index contributed by atoms with van der Waals surface area (Å²) in [6.07, 6.45) is 1.89. The third-order valence-electron chi connectivity index (χ3n) is 1.69. The molecular weight excluding hydrogens is 142 g/mol. The summed E-state index contributed by atoms with van der Waals surface area (Å²) in [5, 5.41) is 4.07. The number of hydrogen-bond donors (Lipinski definition) is 0. The average molecular weight is 155 g/mol. The summed E-state index contributed by atoms with van der Waals surface area (Å²) in [5.41, 5.74) is -0.0477. The highest BCUT2D eigenvalue weighted by molar-refractivity contribution is 4.85. The molecule has 0 saturated carbocycles. The van der Waals surface area contributed by atoms with E-state index in [4.69, 9.17) is 0 Å². The van der Waals surface area contributed by atoms with Crippen LogP contribution in [0.2, 0.25) is 0 Å². The molecule has 0 aromatic carbocycles. The third kappa shape index (κ3) is 1.34. The molecule has 4 heteroatoms. The van der Waals surface area contributed by atoms with Gasteiger partial charge in [-0.15, -0.1) is 0 Å². The normalized spacial score (nSPS) is 10.5. The summed E-state index contributed by atoms with van der Waals surface area (Å²) in [6, 6.07) is 0. The van der Waals surface area contributed by atoms with Gasteiger partial charge in [-0.1, -0.05) is 6.92 Å². The molecule has 1 aromatic heterocycles. The van der Waals surface area contributed by atoms with Crippen LogP contribution in [0, 0.1) is 0 Å². The Bertz CT molecular complexity index is 297. The Hall–Kier alpha value is -1.06. The van der Waals surface area contributed by atoms with Crippen molar-refractivity contribution < 1.29 is 0 Å². The van der Waals surface area contributed by atoms with Crippen LogP contribution in [0.5, 0.6) is 0 Å². The molecule has 0 aliphatic carbocycles. The van der Waals surface area contributed by atoms with Crippen LogP contribution in [0.4, 0.5) is 0 Å². The van der Waals surface area contributed by atoms with Crippen molar-refractivity contribution in [1.29, 1.82) is 0 Å². The lowest BCUT2D eigenvalue weighted by Gasteiger charge is -1.93. The number of aromatic nitrogens is 3. The van der Waals surface area contributed by atoms with Crippen molar-refractivity contribution in [2.45, 2.75) is 19.8 Å². The van der Waals surface area contributed by atoms with E-state index in [1.807, 2.05) is 0 Å². The maximum Gasteiger partial charge on any atom is 0.345 e. The zero-order chi connectivity index (χ0) is 8.43. The monoisotopic (exact) mass is 155 g/mol. The second-order valence-corrected chi connectivity index (χ2v) is 2.63. The topological polar surface area (TPSA) is 39.8 Å². The van der Waals surface area contributed by atoms with Crippen LogP contribution >= 0.6 is 0 Å². The molecule has 0 bridgehead atoms. The van der Waals surface area contributed by atoms with Crippen LogP contribution in [0.15, 0.2) is 4.79 Å². The maximum atomic E-state index is 11.1. The summed E-state index contributed by atoms with van der Waals surface area (Å²) in [5.74, 6) is 0.861. The number of hydrogen-bond acceptors (Lipinski definition) is 2. The largest absolute Gasteiger partial charge is 0.345 e. The molecule has 11 heavy (non-hydrogen) atoms. The van der Waals surface area contributed by atoms with E-state index in [2.05, 4.69) is 12.0 Å². The molecule has 1 aromatic rings. The Morgan fingerprint density at radius 3 is 2.45 bits per heavy atom. The van der Waals surface area contributed by atoms with Gasteiger partial charge in [0.25, 0.3) is 0 Å². The molecule has 0 aliphatic heterocycles. The Kier molecular flexibility index (Phi) is 2.12. The van der Waals surface area contributed by atoms with Crippen LogP contribution < -0.4 is 5.69 Å². The van der Waals surface area contributed by atoms with Gasteiger partial charge in [-0.2, -0.15) is 5.10 Å². The van der Waals surface area contributed by atoms with Crippen molar-refractivity contribution in [1.82, 2.24) is 14.3 Å². The van der Waals surface area contributed by atoms with Gasteiger partial charge in [0.2, 0.25) is 0 Å². The second-order valence-electron chi connectivity index (χ2n) is 2.63. The van der Waals surface area contributed by atoms with Crippen LogP contribution in [0.25, 0.3) is 0 Å². The van der Waals surface area contributed by atoms with Gasteiger partial charge in [0.1, 0.15) is 5.82 Å². The highest BCUT2D eigenvalue weighted by Crippen LogP contribution is 1.93. The molecule has 1 rings (SSSR count).